The lowest BCUT2D eigenvalue weighted by Gasteiger charge is -2.35. The summed E-state index contributed by atoms with van der Waals surface area (Å²) in [7, 11) is 0. The zero-order chi connectivity index (χ0) is 14.6. The summed E-state index contributed by atoms with van der Waals surface area (Å²) in [6, 6.07) is -0.00190. The molecule has 112 valence electrons. The average molecular weight is 281 g/mol. The Morgan fingerprint density at radius 1 is 1.32 bits per heavy atom. The third-order valence-electron chi connectivity index (χ3n) is 3.95. The summed E-state index contributed by atoms with van der Waals surface area (Å²) in [6.07, 6.45) is -0.778. The van der Waals surface area contributed by atoms with E-state index in [-0.39, 0.29) is 6.04 Å². The molecule has 0 aromatic carbocycles. The van der Waals surface area contributed by atoms with Crippen LogP contribution in [-0.4, -0.2) is 29.8 Å². The first-order chi connectivity index (χ1) is 8.73. The lowest BCUT2D eigenvalue weighted by Crippen LogP contribution is -2.47. The molecular weight excluding hydrogens is 259 g/mol. The highest BCUT2D eigenvalue weighted by molar-refractivity contribution is 5.71. The molecule has 1 rings (SSSR count). The topological polar surface area (TPSA) is 49.3 Å². The summed E-state index contributed by atoms with van der Waals surface area (Å²) in [4.78, 5) is 10.7. The van der Waals surface area contributed by atoms with Crippen molar-refractivity contribution in [2.45, 2.75) is 51.7 Å². The number of rotatable bonds is 5. The van der Waals surface area contributed by atoms with Crippen LogP contribution in [0.1, 0.15) is 39.5 Å². The second-order valence-corrected chi connectivity index (χ2v) is 5.64. The van der Waals surface area contributed by atoms with Crippen molar-refractivity contribution >= 4 is 5.97 Å². The van der Waals surface area contributed by atoms with Gasteiger partial charge in [-0.05, 0) is 24.7 Å². The Labute approximate surface area is 111 Å². The number of alkyl halides is 3. The van der Waals surface area contributed by atoms with Gasteiger partial charge in [-0.1, -0.05) is 26.7 Å². The number of carboxylic acid groups (broad SMARTS) is 1. The van der Waals surface area contributed by atoms with Crippen LogP contribution in [0.4, 0.5) is 13.2 Å². The van der Waals surface area contributed by atoms with Crippen LogP contribution in [-0.2, 0) is 4.79 Å². The van der Waals surface area contributed by atoms with E-state index in [0.29, 0.717) is 11.8 Å². The van der Waals surface area contributed by atoms with Crippen molar-refractivity contribution in [3.8, 4) is 0 Å². The molecule has 0 aromatic rings. The van der Waals surface area contributed by atoms with Crippen molar-refractivity contribution in [1.29, 1.82) is 0 Å². The van der Waals surface area contributed by atoms with E-state index in [2.05, 4.69) is 19.2 Å². The molecular formula is C13H22F3NO2. The van der Waals surface area contributed by atoms with Crippen molar-refractivity contribution in [2.75, 3.05) is 6.54 Å². The van der Waals surface area contributed by atoms with Gasteiger partial charge in [-0.15, -0.1) is 0 Å². The van der Waals surface area contributed by atoms with Gasteiger partial charge in [0.2, 0.25) is 0 Å². The molecule has 2 N–H and O–H groups in total. The predicted octanol–water partition coefficient (Wildman–Crippen LogP) is 3.05. The highest BCUT2D eigenvalue weighted by Gasteiger charge is 2.45. The lowest BCUT2D eigenvalue weighted by atomic mass is 9.77. The number of hydrogen-bond donors (Lipinski definition) is 2. The molecule has 0 spiro atoms. The van der Waals surface area contributed by atoms with Crippen LogP contribution in [0.3, 0.4) is 0 Å². The minimum Gasteiger partial charge on any atom is -0.481 e. The second-order valence-electron chi connectivity index (χ2n) is 5.64. The van der Waals surface area contributed by atoms with E-state index >= 15 is 0 Å². The first kappa shape index (κ1) is 16.3. The van der Waals surface area contributed by atoms with Crippen LogP contribution in [0, 0.1) is 17.8 Å². The Kier molecular flexibility index (Phi) is 5.64. The largest absolute Gasteiger partial charge is 0.481 e. The Balaban J connectivity index is 2.60. The average Bonchev–Trinajstić information content (AvgIpc) is 2.27. The molecule has 0 amide bonds. The van der Waals surface area contributed by atoms with Gasteiger partial charge in [0.15, 0.2) is 5.92 Å². The van der Waals surface area contributed by atoms with Crippen molar-refractivity contribution in [3.63, 3.8) is 0 Å². The van der Waals surface area contributed by atoms with E-state index in [4.69, 9.17) is 5.11 Å². The van der Waals surface area contributed by atoms with Crippen LogP contribution in [0.15, 0.2) is 0 Å². The highest BCUT2D eigenvalue weighted by Crippen LogP contribution is 2.31. The summed E-state index contributed by atoms with van der Waals surface area (Å²) in [5.41, 5.74) is 0. The Morgan fingerprint density at radius 2 is 1.89 bits per heavy atom. The fourth-order valence-electron chi connectivity index (χ4n) is 2.82. The first-order valence-electron chi connectivity index (χ1n) is 6.76. The molecule has 0 heterocycles. The molecule has 3 atom stereocenters. The molecule has 1 aliphatic carbocycles. The molecule has 1 saturated carbocycles. The minimum atomic E-state index is -4.69. The van der Waals surface area contributed by atoms with Crippen molar-refractivity contribution in [3.05, 3.63) is 0 Å². The molecule has 0 bridgehead atoms. The molecule has 0 aliphatic heterocycles. The summed E-state index contributed by atoms with van der Waals surface area (Å²) >= 11 is 0. The number of halogens is 3. The predicted molar refractivity (Wildman–Crippen MR) is 65.8 cm³/mol. The fourth-order valence-corrected chi connectivity index (χ4v) is 2.82. The van der Waals surface area contributed by atoms with Gasteiger partial charge in [0.05, 0.1) is 0 Å². The quantitative estimate of drug-likeness (QED) is 0.814. The smallest absolute Gasteiger partial charge is 0.403 e. The SMILES string of the molecule is CC(C)C1CCCCC1NCC(C(=O)O)C(F)(F)F. The number of hydrogen-bond acceptors (Lipinski definition) is 2. The van der Waals surface area contributed by atoms with Crippen molar-refractivity contribution in [1.82, 2.24) is 5.32 Å². The molecule has 3 nitrogen and oxygen atoms in total. The molecule has 19 heavy (non-hydrogen) atoms. The molecule has 6 heteroatoms. The molecule has 3 unspecified atom stereocenters. The lowest BCUT2D eigenvalue weighted by molar-refractivity contribution is -0.192. The van der Waals surface area contributed by atoms with Crippen LogP contribution in [0.5, 0.6) is 0 Å². The standard InChI is InChI=1S/C13H22F3NO2/c1-8(2)9-5-3-4-6-11(9)17-7-10(12(18)19)13(14,15)16/h8-11,17H,3-7H2,1-2H3,(H,18,19). The highest BCUT2D eigenvalue weighted by atomic mass is 19.4. The second kappa shape index (κ2) is 6.59. The summed E-state index contributed by atoms with van der Waals surface area (Å²) in [5.74, 6) is -3.40. The van der Waals surface area contributed by atoms with Gasteiger partial charge in [-0.2, -0.15) is 13.2 Å². The van der Waals surface area contributed by atoms with Gasteiger partial charge in [-0.3, -0.25) is 4.79 Å². The number of nitrogens with one attached hydrogen (secondary N) is 1. The van der Waals surface area contributed by atoms with Crippen LogP contribution in [0.2, 0.25) is 0 Å². The normalized spacial score (nSPS) is 26.4. The first-order valence-corrected chi connectivity index (χ1v) is 6.76. The maximum absolute atomic E-state index is 12.6. The third-order valence-corrected chi connectivity index (χ3v) is 3.95. The Morgan fingerprint density at radius 3 is 2.37 bits per heavy atom. The zero-order valence-corrected chi connectivity index (χ0v) is 11.3. The van der Waals surface area contributed by atoms with E-state index in [0.717, 1.165) is 25.7 Å². The Bertz CT molecular complexity index is 305. The third kappa shape index (κ3) is 4.67. The molecule has 0 aromatic heterocycles. The monoisotopic (exact) mass is 281 g/mol. The van der Waals surface area contributed by atoms with Crippen LogP contribution >= 0.6 is 0 Å². The fraction of sp³-hybridized carbons (Fsp3) is 0.923. The summed E-state index contributed by atoms with van der Waals surface area (Å²) < 4.78 is 37.7. The van der Waals surface area contributed by atoms with Gasteiger partial charge in [0.1, 0.15) is 0 Å². The van der Waals surface area contributed by atoms with Gasteiger partial charge >= 0.3 is 12.1 Å². The zero-order valence-electron chi connectivity index (χ0n) is 11.3. The number of carbonyl (C=O) groups is 1. The molecule has 1 aliphatic rings. The van der Waals surface area contributed by atoms with Gasteiger partial charge in [0.25, 0.3) is 0 Å². The van der Waals surface area contributed by atoms with E-state index in [1.54, 1.807) is 0 Å². The molecule has 0 radical (unpaired) electrons. The van der Waals surface area contributed by atoms with Gasteiger partial charge < -0.3 is 10.4 Å². The number of carboxylic acids is 1. The van der Waals surface area contributed by atoms with Gasteiger partial charge in [-0.25, -0.2) is 0 Å². The molecule has 1 fully saturated rings. The van der Waals surface area contributed by atoms with Gasteiger partial charge in [0, 0.05) is 12.6 Å². The van der Waals surface area contributed by atoms with E-state index in [1.165, 1.54) is 0 Å². The van der Waals surface area contributed by atoms with E-state index in [1.807, 2.05) is 0 Å². The van der Waals surface area contributed by atoms with E-state index < -0.39 is 24.6 Å². The van der Waals surface area contributed by atoms with Crippen molar-refractivity contribution in [2.24, 2.45) is 17.8 Å². The van der Waals surface area contributed by atoms with E-state index in [9.17, 15) is 18.0 Å². The van der Waals surface area contributed by atoms with Crippen LogP contribution in [0.25, 0.3) is 0 Å². The van der Waals surface area contributed by atoms with Crippen molar-refractivity contribution < 1.29 is 23.1 Å². The maximum atomic E-state index is 12.6. The Hall–Kier alpha value is -0.780. The summed E-state index contributed by atoms with van der Waals surface area (Å²) in [6.45, 7) is 3.58. The number of aliphatic carboxylic acids is 1. The minimum absolute atomic E-state index is 0.00190. The summed E-state index contributed by atoms with van der Waals surface area (Å²) in [5, 5.41) is 11.5. The van der Waals surface area contributed by atoms with Crippen LogP contribution < -0.4 is 5.32 Å². The molecule has 0 saturated heterocycles. The maximum Gasteiger partial charge on any atom is 0.403 e.